The summed E-state index contributed by atoms with van der Waals surface area (Å²) in [7, 11) is 0. The summed E-state index contributed by atoms with van der Waals surface area (Å²) in [5.74, 6) is 0.610. The second kappa shape index (κ2) is 5.00. The Labute approximate surface area is 98.1 Å². The molecule has 0 aromatic carbocycles. The van der Waals surface area contributed by atoms with E-state index in [0.29, 0.717) is 12.0 Å². The highest BCUT2D eigenvalue weighted by atomic mass is 16.5. The standard InChI is InChI=1S/C12H24N2O2/c1-12(2)9-14(4-6-16-12)11(7-13)10-3-5-15-8-10/h10-11H,3-9,13H2,1-2H3. The molecule has 2 rings (SSSR count). The Balaban J connectivity index is 1.97. The van der Waals surface area contributed by atoms with E-state index in [2.05, 4.69) is 18.7 Å². The molecule has 2 unspecified atom stereocenters. The van der Waals surface area contributed by atoms with Crippen LogP contribution in [0.3, 0.4) is 0 Å². The summed E-state index contributed by atoms with van der Waals surface area (Å²) < 4.78 is 11.2. The lowest BCUT2D eigenvalue weighted by molar-refractivity contribution is -0.102. The van der Waals surface area contributed by atoms with Gasteiger partial charge in [0.2, 0.25) is 0 Å². The lowest BCUT2D eigenvalue weighted by Gasteiger charge is -2.43. The molecule has 2 heterocycles. The SMILES string of the molecule is CC1(C)CN(C(CN)C2CCOC2)CCO1. The fourth-order valence-electron chi connectivity index (χ4n) is 2.83. The van der Waals surface area contributed by atoms with E-state index in [4.69, 9.17) is 15.2 Å². The summed E-state index contributed by atoms with van der Waals surface area (Å²) in [4.78, 5) is 2.49. The zero-order valence-electron chi connectivity index (χ0n) is 10.4. The van der Waals surface area contributed by atoms with Crippen LogP contribution in [-0.4, -0.2) is 56.0 Å². The number of hydrogen-bond donors (Lipinski definition) is 1. The van der Waals surface area contributed by atoms with Gasteiger partial charge in [-0.05, 0) is 20.3 Å². The zero-order valence-corrected chi connectivity index (χ0v) is 10.4. The molecule has 2 fully saturated rings. The van der Waals surface area contributed by atoms with Gasteiger partial charge < -0.3 is 15.2 Å². The first-order valence-electron chi connectivity index (χ1n) is 6.28. The van der Waals surface area contributed by atoms with E-state index in [0.717, 1.165) is 45.9 Å². The van der Waals surface area contributed by atoms with E-state index in [9.17, 15) is 0 Å². The van der Waals surface area contributed by atoms with Gasteiger partial charge in [0.15, 0.2) is 0 Å². The van der Waals surface area contributed by atoms with Gasteiger partial charge in [-0.3, -0.25) is 4.90 Å². The molecule has 0 spiro atoms. The molecule has 2 saturated heterocycles. The zero-order chi connectivity index (χ0) is 11.6. The van der Waals surface area contributed by atoms with Crippen LogP contribution in [-0.2, 0) is 9.47 Å². The van der Waals surface area contributed by atoms with Gasteiger partial charge in [0.1, 0.15) is 0 Å². The van der Waals surface area contributed by atoms with Crippen molar-refractivity contribution in [3.8, 4) is 0 Å². The predicted molar refractivity (Wildman–Crippen MR) is 63.4 cm³/mol. The highest BCUT2D eigenvalue weighted by Crippen LogP contribution is 2.25. The van der Waals surface area contributed by atoms with Crippen LogP contribution in [0.15, 0.2) is 0 Å². The monoisotopic (exact) mass is 228 g/mol. The van der Waals surface area contributed by atoms with E-state index in [-0.39, 0.29) is 5.60 Å². The molecule has 16 heavy (non-hydrogen) atoms. The molecule has 0 aliphatic carbocycles. The number of morpholine rings is 1. The molecule has 0 aromatic rings. The fourth-order valence-corrected chi connectivity index (χ4v) is 2.83. The van der Waals surface area contributed by atoms with Gasteiger partial charge in [-0.15, -0.1) is 0 Å². The molecule has 4 heteroatoms. The van der Waals surface area contributed by atoms with E-state index in [1.807, 2.05) is 0 Å². The first-order chi connectivity index (χ1) is 7.62. The number of hydrogen-bond acceptors (Lipinski definition) is 4. The first-order valence-corrected chi connectivity index (χ1v) is 6.28. The van der Waals surface area contributed by atoms with Crippen LogP contribution in [0.2, 0.25) is 0 Å². The summed E-state index contributed by atoms with van der Waals surface area (Å²) in [6.07, 6.45) is 1.15. The number of nitrogens with zero attached hydrogens (tertiary/aromatic N) is 1. The smallest absolute Gasteiger partial charge is 0.0753 e. The van der Waals surface area contributed by atoms with Crippen molar-refractivity contribution in [1.29, 1.82) is 0 Å². The maximum absolute atomic E-state index is 5.93. The van der Waals surface area contributed by atoms with Crippen LogP contribution < -0.4 is 5.73 Å². The van der Waals surface area contributed by atoms with E-state index in [1.54, 1.807) is 0 Å². The molecule has 2 N–H and O–H groups in total. The minimum Gasteiger partial charge on any atom is -0.381 e. The van der Waals surface area contributed by atoms with Crippen molar-refractivity contribution >= 4 is 0 Å². The molecule has 0 bridgehead atoms. The van der Waals surface area contributed by atoms with Crippen LogP contribution in [0.25, 0.3) is 0 Å². The third-order valence-corrected chi connectivity index (χ3v) is 3.67. The third-order valence-electron chi connectivity index (χ3n) is 3.67. The first kappa shape index (κ1) is 12.3. The van der Waals surface area contributed by atoms with Gasteiger partial charge in [-0.1, -0.05) is 0 Å². The van der Waals surface area contributed by atoms with Crippen LogP contribution in [0, 0.1) is 5.92 Å². The van der Waals surface area contributed by atoms with Crippen molar-refractivity contribution in [3.05, 3.63) is 0 Å². The highest BCUT2D eigenvalue weighted by molar-refractivity contribution is 4.88. The van der Waals surface area contributed by atoms with E-state index in [1.165, 1.54) is 0 Å². The molecule has 94 valence electrons. The Morgan fingerprint density at radius 2 is 2.25 bits per heavy atom. The average molecular weight is 228 g/mol. The van der Waals surface area contributed by atoms with Gasteiger partial charge in [0, 0.05) is 38.2 Å². The maximum Gasteiger partial charge on any atom is 0.0753 e. The Kier molecular flexibility index (Phi) is 3.85. The van der Waals surface area contributed by atoms with Crippen molar-refractivity contribution in [2.75, 3.05) is 39.5 Å². The summed E-state index contributed by atoms with van der Waals surface area (Å²) >= 11 is 0. The van der Waals surface area contributed by atoms with Gasteiger partial charge >= 0.3 is 0 Å². The number of nitrogens with two attached hydrogens (primary N) is 1. The van der Waals surface area contributed by atoms with Crippen LogP contribution in [0.1, 0.15) is 20.3 Å². The minimum absolute atomic E-state index is 0.0366. The lowest BCUT2D eigenvalue weighted by atomic mass is 9.95. The Bertz CT molecular complexity index is 227. The van der Waals surface area contributed by atoms with Gasteiger partial charge in [0.25, 0.3) is 0 Å². The Morgan fingerprint density at radius 1 is 1.44 bits per heavy atom. The highest BCUT2D eigenvalue weighted by Gasteiger charge is 2.35. The molecule has 0 amide bonds. The predicted octanol–water partition coefficient (Wildman–Crippen LogP) is 0.461. The van der Waals surface area contributed by atoms with Crippen LogP contribution in [0.5, 0.6) is 0 Å². The van der Waals surface area contributed by atoms with Crippen molar-refractivity contribution < 1.29 is 9.47 Å². The Morgan fingerprint density at radius 3 is 2.81 bits per heavy atom. The largest absolute Gasteiger partial charge is 0.381 e. The van der Waals surface area contributed by atoms with Gasteiger partial charge in [0.05, 0.1) is 18.8 Å². The molecule has 0 aromatic heterocycles. The molecule has 0 saturated carbocycles. The van der Waals surface area contributed by atoms with Crippen molar-refractivity contribution in [2.24, 2.45) is 11.7 Å². The van der Waals surface area contributed by atoms with Crippen molar-refractivity contribution in [1.82, 2.24) is 4.90 Å². The van der Waals surface area contributed by atoms with Gasteiger partial charge in [-0.25, -0.2) is 0 Å². The molecular weight excluding hydrogens is 204 g/mol. The molecule has 2 aliphatic heterocycles. The van der Waals surface area contributed by atoms with E-state index < -0.39 is 0 Å². The molecular formula is C12H24N2O2. The number of rotatable bonds is 3. The van der Waals surface area contributed by atoms with Gasteiger partial charge in [-0.2, -0.15) is 0 Å². The maximum atomic E-state index is 5.93. The van der Waals surface area contributed by atoms with Crippen molar-refractivity contribution in [2.45, 2.75) is 31.9 Å². The third kappa shape index (κ3) is 2.74. The molecule has 2 atom stereocenters. The summed E-state index contributed by atoms with van der Waals surface area (Å²) in [6.45, 7) is 9.60. The fraction of sp³-hybridized carbons (Fsp3) is 1.00. The second-order valence-corrected chi connectivity index (χ2v) is 5.51. The molecule has 0 radical (unpaired) electrons. The van der Waals surface area contributed by atoms with Crippen molar-refractivity contribution in [3.63, 3.8) is 0 Å². The lowest BCUT2D eigenvalue weighted by Crippen LogP contribution is -2.56. The second-order valence-electron chi connectivity index (χ2n) is 5.51. The molecule has 2 aliphatic rings. The summed E-state index contributed by atoms with van der Waals surface area (Å²) in [5.41, 5.74) is 5.90. The molecule has 4 nitrogen and oxygen atoms in total. The van der Waals surface area contributed by atoms with E-state index >= 15 is 0 Å². The topological polar surface area (TPSA) is 47.7 Å². The summed E-state index contributed by atoms with van der Waals surface area (Å²) in [6, 6.07) is 0.464. The average Bonchev–Trinajstić information content (AvgIpc) is 2.71. The Hall–Kier alpha value is -0.160. The van der Waals surface area contributed by atoms with Crippen LogP contribution in [0.4, 0.5) is 0 Å². The number of ether oxygens (including phenoxy) is 2. The normalized spacial score (nSPS) is 32.8. The summed E-state index contributed by atoms with van der Waals surface area (Å²) in [5, 5.41) is 0. The quantitative estimate of drug-likeness (QED) is 0.762. The minimum atomic E-state index is -0.0366. The van der Waals surface area contributed by atoms with Crippen LogP contribution >= 0.6 is 0 Å².